The summed E-state index contributed by atoms with van der Waals surface area (Å²) in [7, 11) is 3.97. The highest BCUT2D eigenvalue weighted by Gasteiger charge is 2.38. The van der Waals surface area contributed by atoms with E-state index in [1.54, 1.807) is 0 Å². The average molecular weight is 418 g/mol. The van der Waals surface area contributed by atoms with Crippen LogP contribution in [0, 0.1) is 0 Å². The SMILES string of the molecule is CNc1ccc2c(c1)C(C)(C)C1=CC(=[NH+]C)C=CC1=C2c1ccc(-c2ccccc2)cc1. The molecule has 3 aromatic rings. The van der Waals surface area contributed by atoms with Gasteiger partial charge < -0.3 is 5.32 Å². The van der Waals surface area contributed by atoms with E-state index in [0.717, 1.165) is 11.4 Å². The molecule has 2 nitrogen and oxygen atoms in total. The third kappa shape index (κ3) is 3.23. The number of rotatable bonds is 3. The quantitative estimate of drug-likeness (QED) is 0.607. The molecule has 0 heterocycles. The summed E-state index contributed by atoms with van der Waals surface area (Å²) in [5.74, 6) is 0. The Balaban J connectivity index is 1.73. The lowest BCUT2D eigenvalue weighted by molar-refractivity contribution is -0.417. The van der Waals surface area contributed by atoms with Gasteiger partial charge in [0.1, 0.15) is 7.05 Å². The summed E-state index contributed by atoms with van der Waals surface area (Å²) in [5, 5.41) is 3.32. The van der Waals surface area contributed by atoms with Gasteiger partial charge in [0, 0.05) is 30.3 Å². The van der Waals surface area contributed by atoms with E-state index < -0.39 is 0 Å². The number of fused-ring (bicyclic) bond motifs is 2. The molecule has 158 valence electrons. The molecule has 2 aliphatic rings. The maximum Gasteiger partial charge on any atom is 0.198 e. The number of nitrogens with one attached hydrogen (secondary N) is 2. The summed E-state index contributed by atoms with van der Waals surface area (Å²) in [6.45, 7) is 4.66. The summed E-state index contributed by atoms with van der Waals surface area (Å²) >= 11 is 0. The Morgan fingerprint density at radius 3 is 2.16 bits per heavy atom. The molecule has 0 fully saturated rings. The molecule has 2 heteroatoms. The van der Waals surface area contributed by atoms with Gasteiger partial charge in [-0.1, -0.05) is 74.5 Å². The van der Waals surface area contributed by atoms with Crippen LogP contribution in [0.2, 0.25) is 0 Å². The Kier molecular flexibility index (Phi) is 4.94. The highest BCUT2D eigenvalue weighted by molar-refractivity contribution is 6.06. The molecule has 0 unspecified atom stereocenters. The van der Waals surface area contributed by atoms with Crippen molar-refractivity contribution in [2.45, 2.75) is 19.3 Å². The van der Waals surface area contributed by atoms with Crippen molar-refractivity contribution < 1.29 is 4.99 Å². The van der Waals surface area contributed by atoms with Crippen LogP contribution in [0.1, 0.15) is 30.5 Å². The van der Waals surface area contributed by atoms with Crippen LogP contribution in [0.4, 0.5) is 5.69 Å². The zero-order valence-corrected chi connectivity index (χ0v) is 19.2. The van der Waals surface area contributed by atoms with Gasteiger partial charge in [0.2, 0.25) is 0 Å². The van der Waals surface area contributed by atoms with E-state index in [0.29, 0.717) is 0 Å². The molecule has 32 heavy (non-hydrogen) atoms. The van der Waals surface area contributed by atoms with Crippen molar-refractivity contribution >= 4 is 17.0 Å². The molecule has 5 rings (SSSR count). The van der Waals surface area contributed by atoms with Crippen molar-refractivity contribution in [1.29, 1.82) is 0 Å². The van der Waals surface area contributed by atoms with Gasteiger partial charge in [-0.2, -0.15) is 0 Å². The van der Waals surface area contributed by atoms with Crippen LogP contribution >= 0.6 is 0 Å². The van der Waals surface area contributed by atoms with Crippen LogP contribution in [0.5, 0.6) is 0 Å². The maximum absolute atomic E-state index is 3.32. The fraction of sp³-hybridized carbons (Fsp3) is 0.167. The van der Waals surface area contributed by atoms with Crippen molar-refractivity contribution in [3.05, 3.63) is 119 Å². The van der Waals surface area contributed by atoms with E-state index in [-0.39, 0.29) is 5.41 Å². The fourth-order valence-electron chi connectivity index (χ4n) is 4.93. The fourth-order valence-corrected chi connectivity index (χ4v) is 4.93. The van der Waals surface area contributed by atoms with Crippen molar-refractivity contribution in [3.8, 4) is 11.1 Å². The van der Waals surface area contributed by atoms with Crippen molar-refractivity contribution in [1.82, 2.24) is 0 Å². The average Bonchev–Trinajstić information content (AvgIpc) is 2.85. The predicted molar refractivity (Wildman–Crippen MR) is 136 cm³/mol. The highest BCUT2D eigenvalue weighted by atomic mass is 14.8. The monoisotopic (exact) mass is 417 g/mol. The number of anilines is 1. The van der Waals surface area contributed by atoms with E-state index in [2.05, 4.69) is 115 Å². The largest absolute Gasteiger partial charge is 0.388 e. The molecule has 0 aliphatic heterocycles. The smallest absolute Gasteiger partial charge is 0.198 e. The Morgan fingerprint density at radius 2 is 1.47 bits per heavy atom. The van der Waals surface area contributed by atoms with Gasteiger partial charge in [0.15, 0.2) is 5.71 Å². The summed E-state index contributed by atoms with van der Waals surface area (Å²) in [6.07, 6.45) is 6.77. The van der Waals surface area contributed by atoms with Gasteiger partial charge in [-0.3, -0.25) is 0 Å². The minimum Gasteiger partial charge on any atom is -0.388 e. The topological polar surface area (TPSA) is 26.0 Å². The van der Waals surface area contributed by atoms with Crippen LogP contribution in [0.3, 0.4) is 0 Å². The number of benzene rings is 3. The predicted octanol–water partition coefficient (Wildman–Crippen LogP) is 5.14. The number of hydrogen-bond acceptors (Lipinski definition) is 1. The first kappa shape index (κ1) is 20.3. The first-order valence-corrected chi connectivity index (χ1v) is 11.2. The highest BCUT2D eigenvalue weighted by Crippen LogP contribution is 2.50. The minimum absolute atomic E-state index is 0.0993. The lowest BCUT2D eigenvalue weighted by atomic mass is 9.64. The van der Waals surface area contributed by atoms with Crippen LogP contribution in [0.15, 0.2) is 102 Å². The lowest BCUT2D eigenvalue weighted by Crippen LogP contribution is -2.67. The summed E-state index contributed by atoms with van der Waals surface area (Å²) in [6, 6.07) is 26.3. The molecule has 0 bridgehead atoms. The molecule has 0 spiro atoms. The summed E-state index contributed by atoms with van der Waals surface area (Å²) in [5.41, 5.74) is 12.5. The minimum atomic E-state index is -0.0993. The van der Waals surface area contributed by atoms with Crippen LogP contribution in [-0.4, -0.2) is 19.8 Å². The van der Waals surface area contributed by atoms with Gasteiger partial charge in [-0.05, 0) is 62.7 Å². The molecule has 0 saturated carbocycles. The summed E-state index contributed by atoms with van der Waals surface area (Å²) in [4.78, 5) is 3.32. The van der Waals surface area contributed by atoms with E-state index in [9.17, 15) is 0 Å². The third-order valence-corrected chi connectivity index (χ3v) is 6.78. The molecule has 2 aliphatic carbocycles. The Bertz CT molecular complexity index is 1300. The van der Waals surface area contributed by atoms with Gasteiger partial charge >= 0.3 is 0 Å². The lowest BCUT2D eigenvalue weighted by Gasteiger charge is -2.39. The van der Waals surface area contributed by atoms with Gasteiger partial charge in [-0.25, -0.2) is 4.99 Å². The second kappa shape index (κ2) is 7.80. The zero-order chi connectivity index (χ0) is 22.3. The van der Waals surface area contributed by atoms with E-state index in [1.807, 2.05) is 14.1 Å². The van der Waals surface area contributed by atoms with Crippen LogP contribution in [-0.2, 0) is 5.41 Å². The molecular formula is C30H29N2+. The molecule has 0 saturated heterocycles. The van der Waals surface area contributed by atoms with Crippen molar-refractivity contribution in [2.24, 2.45) is 0 Å². The Morgan fingerprint density at radius 1 is 0.781 bits per heavy atom. The first-order valence-electron chi connectivity index (χ1n) is 11.2. The molecule has 2 N–H and O–H groups in total. The number of allylic oxidation sites excluding steroid dienone is 5. The summed E-state index contributed by atoms with van der Waals surface area (Å²) < 4.78 is 0. The first-order chi connectivity index (χ1) is 15.5. The van der Waals surface area contributed by atoms with E-state index in [4.69, 9.17) is 0 Å². The van der Waals surface area contributed by atoms with Gasteiger partial charge in [0.25, 0.3) is 0 Å². The standard InChI is InChI=1S/C30H28N2/c1-30(2)27-18-23(31-3)14-16-25(27)29(26-17-15-24(32-4)19-28(26)30)22-12-10-21(11-13-22)20-8-6-5-7-9-20/h5-19,31H,1-4H3/p+1. The van der Waals surface area contributed by atoms with Gasteiger partial charge in [0.05, 0.1) is 0 Å². The Labute approximate surface area is 190 Å². The maximum atomic E-state index is 3.32. The third-order valence-electron chi connectivity index (χ3n) is 6.78. The molecule has 0 atom stereocenters. The molecule has 0 aromatic heterocycles. The molecular weight excluding hydrogens is 388 g/mol. The van der Waals surface area contributed by atoms with E-state index in [1.165, 1.54) is 44.5 Å². The van der Waals surface area contributed by atoms with E-state index >= 15 is 0 Å². The van der Waals surface area contributed by atoms with Crippen molar-refractivity contribution in [2.75, 3.05) is 19.4 Å². The second-order valence-electron chi connectivity index (χ2n) is 8.96. The van der Waals surface area contributed by atoms with Crippen LogP contribution in [0.25, 0.3) is 16.7 Å². The molecule has 3 aromatic carbocycles. The zero-order valence-electron chi connectivity index (χ0n) is 19.2. The van der Waals surface area contributed by atoms with Crippen molar-refractivity contribution in [3.63, 3.8) is 0 Å². The van der Waals surface area contributed by atoms with Gasteiger partial charge in [-0.15, -0.1) is 0 Å². The molecule has 0 radical (unpaired) electrons. The molecule has 0 amide bonds. The second-order valence-corrected chi connectivity index (χ2v) is 8.96. The van der Waals surface area contributed by atoms with Crippen LogP contribution < -0.4 is 10.3 Å². The normalized spacial score (nSPS) is 17.6. The Hall–Kier alpha value is -3.65. The number of hydrogen-bond donors (Lipinski definition) is 2.